The maximum atomic E-state index is 13.1. The molecule has 0 aliphatic heterocycles. The van der Waals surface area contributed by atoms with Crippen LogP contribution in [-0.2, 0) is 16.1 Å². The number of anilines is 2. The number of benzene rings is 2. The lowest BCUT2D eigenvalue weighted by Crippen LogP contribution is -2.33. The highest BCUT2D eigenvalue weighted by atomic mass is 16.2. The van der Waals surface area contributed by atoms with Crippen molar-refractivity contribution in [3.8, 4) is 6.07 Å². The molecule has 4 rings (SSSR count). The molecule has 3 amide bonds. The summed E-state index contributed by atoms with van der Waals surface area (Å²) in [6.45, 7) is 0.221. The molecule has 0 bridgehead atoms. The van der Waals surface area contributed by atoms with E-state index in [4.69, 9.17) is 11.0 Å². The fraction of sp³-hybridized carbons (Fsp3) is 0.346. The molecular formula is C26H28N6O3. The Bertz CT molecular complexity index is 1300. The maximum Gasteiger partial charge on any atom is 0.257 e. The summed E-state index contributed by atoms with van der Waals surface area (Å²) in [5, 5.41) is 11.8. The number of hydrogen-bond acceptors (Lipinski definition) is 5. The summed E-state index contributed by atoms with van der Waals surface area (Å²) in [5.41, 5.74) is 8.23. The van der Waals surface area contributed by atoms with Crippen LogP contribution in [0.15, 0.2) is 42.5 Å². The summed E-state index contributed by atoms with van der Waals surface area (Å²) in [4.78, 5) is 43.6. The number of nitrogens with two attached hydrogens (primary N) is 1. The second-order valence-electron chi connectivity index (χ2n) is 8.85. The molecular weight excluding hydrogens is 444 g/mol. The molecule has 180 valence electrons. The smallest absolute Gasteiger partial charge is 0.257 e. The Hall–Kier alpha value is -4.19. The molecule has 35 heavy (non-hydrogen) atoms. The molecule has 2 aromatic carbocycles. The molecule has 3 aromatic rings. The molecule has 1 fully saturated rings. The van der Waals surface area contributed by atoms with Crippen LogP contribution in [-0.4, -0.2) is 34.3 Å². The first-order valence-electron chi connectivity index (χ1n) is 11.7. The first-order chi connectivity index (χ1) is 16.9. The zero-order valence-corrected chi connectivity index (χ0v) is 19.7. The zero-order valence-electron chi connectivity index (χ0n) is 19.7. The summed E-state index contributed by atoms with van der Waals surface area (Å²) < 4.78 is 1.73. The minimum atomic E-state index is -0.475. The standard InChI is InChI=1S/C26H28N6O3/c1-31(25(35)19-5-3-2-4-6-19)20-11-12-21-22(15-20)32(14-13-23(28)33)26(29-21)30-24(34)18-9-7-17(16-27)8-10-18/h7-12,15,19H,2-6,13-14H2,1H3,(H2,28,33)(H,29,30,34). The minimum Gasteiger partial charge on any atom is -0.370 e. The molecule has 1 heterocycles. The van der Waals surface area contributed by atoms with E-state index in [0.29, 0.717) is 22.2 Å². The maximum absolute atomic E-state index is 13.1. The monoisotopic (exact) mass is 472 g/mol. The van der Waals surface area contributed by atoms with Gasteiger partial charge < -0.3 is 15.2 Å². The number of aryl methyl sites for hydroxylation is 1. The molecule has 0 atom stereocenters. The van der Waals surface area contributed by atoms with Crippen LogP contribution in [0.1, 0.15) is 54.4 Å². The van der Waals surface area contributed by atoms with Crippen molar-refractivity contribution in [1.29, 1.82) is 5.26 Å². The van der Waals surface area contributed by atoms with Crippen molar-refractivity contribution in [2.24, 2.45) is 11.7 Å². The summed E-state index contributed by atoms with van der Waals surface area (Å²) in [5.74, 6) is -0.464. The van der Waals surface area contributed by atoms with E-state index in [1.807, 2.05) is 18.2 Å². The van der Waals surface area contributed by atoms with Gasteiger partial charge in [-0.05, 0) is 55.3 Å². The van der Waals surface area contributed by atoms with E-state index in [9.17, 15) is 14.4 Å². The van der Waals surface area contributed by atoms with Gasteiger partial charge in [0.2, 0.25) is 17.8 Å². The summed E-state index contributed by atoms with van der Waals surface area (Å²) in [7, 11) is 1.77. The van der Waals surface area contributed by atoms with Gasteiger partial charge in [-0.15, -0.1) is 0 Å². The number of rotatable bonds is 7. The van der Waals surface area contributed by atoms with Gasteiger partial charge in [-0.25, -0.2) is 4.98 Å². The molecule has 1 saturated carbocycles. The van der Waals surface area contributed by atoms with Gasteiger partial charge in [0.05, 0.1) is 22.7 Å². The van der Waals surface area contributed by atoms with E-state index in [-0.39, 0.29) is 30.7 Å². The van der Waals surface area contributed by atoms with E-state index in [1.165, 1.54) is 6.42 Å². The number of imidazole rings is 1. The Morgan fingerprint density at radius 3 is 2.51 bits per heavy atom. The Kier molecular flexibility index (Phi) is 7.11. The number of fused-ring (bicyclic) bond motifs is 1. The van der Waals surface area contributed by atoms with Crippen LogP contribution in [0.4, 0.5) is 11.6 Å². The van der Waals surface area contributed by atoms with Crippen molar-refractivity contribution in [3.63, 3.8) is 0 Å². The summed E-state index contributed by atoms with van der Waals surface area (Å²) >= 11 is 0. The average Bonchev–Trinajstić information content (AvgIpc) is 3.22. The SMILES string of the molecule is CN(C(=O)C1CCCCC1)c1ccc2nc(NC(=O)c3ccc(C#N)cc3)n(CCC(N)=O)c2c1. The van der Waals surface area contributed by atoms with Crippen molar-refractivity contribution < 1.29 is 14.4 Å². The van der Waals surface area contributed by atoms with Crippen molar-refractivity contribution in [3.05, 3.63) is 53.6 Å². The molecule has 1 aliphatic rings. The van der Waals surface area contributed by atoms with Crippen LogP contribution in [0.25, 0.3) is 11.0 Å². The van der Waals surface area contributed by atoms with Crippen LogP contribution in [0.5, 0.6) is 0 Å². The number of aromatic nitrogens is 2. The van der Waals surface area contributed by atoms with Crippen LogP contribution >= 0.6 is 0 Å². The predicted octanol–water partition coefficient (Wildman–Crippen LogP) is 3.58. The van der Waals surface area contributed by atoms with Crippen molar-refractivity contribution in [2.75, 3.05) is 17.3 Å². The number of carbonyl (C=O) groups excluding carboxylic acids is 3. The molecule has 1 aromatic heterocycles. The Balaban J connectivity index is 1.64. The number of nitrogens with zero attached hydrogens (tertiary/aromatic N) is 4. The second-order valence-corrected chi connectivity index (χ2v) is 8.85. The van der Waals surface area contributed by atoms with Gasteiger partial charge in [0.1, 0.15) is 0 Å². The third-order valence-electron chi connectivity index (χ3n) is 6.49. The second kappa shape index (κ2) is 10.4. The van der Waals surface area contributed by atoms with Crippen LogP contribution in [0, 0.1) is 17.2 Å². The Morgan fingerprint density at radius 2 is 1.86 bits per heavy atom. The summed E-state index contributed by atoms with van der Waals surface area (Å²) in [6, 6.07) is 13.8. The highest BCUT2D eigenvalue weighted by Crippen LogP contribution is 2.29. The number of primary amides is 1. The average molecular weight is 473 g/mol. The van der Waals surface area contributed by atoms with E-state index in [0.717, 1.165) is 31.4 Å². The van der Waals surface area contributed by atoms with Crippen LogP contribution < -0.4 is 16.0 Å². The molecule has 0 radical (unpaired) electrons. The molecule has 3 N–H and O–H groups in total. The first kappa shape index (κ1) is 24.0. The van der Waals surface area contributed by atoms with Crippen molar-refractivity contribution in [2.45, 2.75) is 45.1 Å². The fourth-order valence-corrected chi connectivity index (χ4v) is 4.48. The molecule has 1 aliphatic carbocycles. The van der Waals surface area contributed by atoms with E-state index in [1.54, 1.807) is 46.8 Å². The van der Waals surface area contributed by atoms with Gasteiger partial charge in [-0.2, -0.15) is 5.26 Å². The van der Waals surface area contributed by atoms with Gasteiger partial charge in [0, 0.05) is 37.2 Å². The number of nitrogens with one attached hydrogen (secondary N) is 1. The number of amides is 3. The van der Waals surface area contributed by atoms with E-state index < -0.39 is 11.8 Å². The van der Waals surface area contributed by atoms with Gasteiger partial charge in [-0.1, -0.05) is 19.3 Å². The minimum absolute atomic E-state index is 0.0338. The Labute approximate surface area is 203 Å². The predicted molar refractivity (Wildman–Crippen MR) is 133 cm³/mol. The largest absolute Gasteiger partial charge is 0.370 e. The van der Waals surface area contributed by atoms with E-state index >= 15 is 0 Å². The van der Waals surface area contributed by atoms with Gasteiger partial charge in [-0.3, -0.25) is 19.7 Å². The number of nitriles is 1. The van der Waals surface area contributed by atoms with Gasteiger partial charge in [0.25, 0.3) is 5.91 Å². The lowest BCUT2D eigenvalue weighted by atomic mass is 9.88. The van der Waals surface area contributed by atoms with Crippen LogP contribution in [0.3, 0.4) is 0 Å². The van der Waals surface area contributed by atoms with Gasteiger partial charge >= 0.3 is 0 Å². The third-order valence-corrected chi connectivity index (χ3v) is 6.49. The number of hydrogen-bond donors (Lipinski definition) is 2. The van der Waals surface area contributed by atoms with Crippen LogP contribution in [0.2, 0.25) is 0 Å². The highest BCUT2D eigenvalue weighted by molar-refractivity contribution is 6.04. The van der Waals surface area contributed by atoms with Gasteiger partial charge in [0.15, 0.2) is 0 Å². The normalized spacial score (nSPS) is 13.8. The van der Waals surface area contributed by atoms with Crippen molar-refractivity contribution >= 4 is 40.4 Å². The highest BCUT2D eigenvalue weighted by Gasteiger charge is 2.25. The van der Waals surface area contributed by atoms with E-state index in [2.05, 4.69) is 10.3 Å². The third kappa shape index (κ3) is 5.32. The molecule has 0 saturated heterocycles. The van der Waals surface area contributed by atoms with Crippen molar-refractivity contribution in [1.82, 2.24) is 9.55 Å². The fourth-order valence-electron chi connectivity index (χ4n) is 4.48. The lowest BCUT2D eigenvalue weighted by Gasteiger charge is -2.26. The Morgan fingerprint density at radius 1 is 1.14 bits per heavy atom. The lowest BCUT2D eigenvalue weighted by molar-refractivity contribution is -0.123. The topological polar surface area (TPSA) is 134 Å². The molecule has 9 nitrogen and oxygen atoms in total. The zero-order chi connectivity index (χ0) is 24.9. The molecule has 0 unspecified atom stereocenters. The first-order valence-corrected chi connectivity index (χ1v) is 11.7. The molecule has 0 spiro atoms. The number of carbonyl (C=O) groups is 3. The molecule has 9 heteroatoms. The quantitative estimate of drug-likeness (QED) is 0.542. The summed E-state index contributed by atoms with van der Waals surface area (Å²) in [6.07, 6.45) is 5.21.